The molecular weight excluding hydrogens is 359 g/mol. The van der Waals surface area contributed by atoms with Crippen LogP contribution in [0.3, 0.4) is 0 Å². The number of aromatic nitrogens is 2. The van der Waals surface area contributed by atoms with Crippen LogP contribution in [-0.4, -0.2) is 15.3 Å². The zero-order chi connectivity index (χ0) is 20.3. The largest absolute Gasteiger partial charge is 0.315 e. The van der Waals surface area contributed by atoms with E-state index in [-0.39, 0.29) is 11.3 Å². The monoisotopic (exact) mass is 376 g/mol. The molecule has 6 nitrogen and oxygen atoms in total. The molecular formula is C21H17FN4O2. The summed E-state index contributed by atoms with van der Waals surface area (Å²) in [7, 11) is 1.71. The minimum atomic E-state index is -0.710. The molecule has 0 aliphatic rings. The minimum Gasteiger partial charge on any atom is -0.315 e. The highest BCUT2D eigenvalue weighted by atomic mass is 19.1. The third-order valence-electron chi connectivity index (χ3n) is 4.34. The molecule has 140 valence electrons. The van der Waals surface area contributed by atoms with Crippen molar-refractivity contribution in [3.8, 4) is 11.8 Å². The Balaban J connectivity index is 1.95. The van der Waals surface area contributed by atoms with Crippen LogP contribution in [-0.2, 0) is 11.8 Å². The summed E-state index contributed by atoms with van der Waals surface area (Å²) >= 11 is 0. The van der Waals surface area contributed by atoms with E-state index in [0.717, 1.165) is 0 Å². The molecule has 1 amide bonds. The van der Waals surface area contributed by atoms with Gasteiger partial charge >= 0.3 is 0 Å². The molecule has 0 saturated heterocycles. The summed E-state index contributed by atoms with van der Waals surface area (Å²) in [4.78, 5) is 25.4. The average molecular weight is 376 g/mol. The average Bonchev–Trinajstić information content (AvgIpc) is 2.91. The number of nitriles is 1. The van der Waals surface area contributed by atoms with Gasteiger partial charge in [-0.05, 0) is 42.8 Å². The number of halogens is 1. The van der Waals surface area contributed by atoms with E-state index in [4.69, 9.17) is 0 Å². The van der Waals surface area contributed by atoms with E-state index in [1.807, 2.05) is 24.3 Å². The number of para-hydroxylation sites is 1. The van der Waals surface area contributed by atoms with E-state index in [1.165, 1.54) is 35.0 Å². The Kier molecular flexibility index (Phi) is 5.23. The van der Waals surface area contributed by atoms with Gasteiger partial charge in [0.25, 0.3) is 11.5 Å². The number of anilines is 1. The molecule has 28 heavy (non-hydrogen) atoms. The van der Waals surface area contributed by atoms with Crippen LogP contribution in [0.15, 0.2) is 65.0 Å². The van der Waals surface area contributed by atoms with Gasteiger partial charge in [0, 0.05) is 7.05 Å². The van der Waals surface area contributed by atoms with Crippen LogP contribution < -0.4 is 10.9 Å². The number of carbonyl (C=O) groups is 1. The van der Waals surface area contributed by atoms with Crippen molar-refractivity contribution >= 4 is 17.7 Å². The molecule has 1 aromatic heterocycles. The van der Waals surface area contributed by atoms with E-state index in [0.29, 0.717) is 16.9 Å². The third kappa shape index (κ3) is 3.62. The van der Waals surface area contributed by atoms with Gasteiger partial charge in [-0.1, -0.05) is 30.3 Å². The van der Waals surface area contributed by atoms with Gasteiger partial charge in [0.05, 0.1) is 11.4 Å². The lowest BCUT2D eigenvalue weighted by Crippen LogP contribution is -2.23. The number of nitrogens with one attached hydrogen (secondary N) is 1. The SMILES string of the molecule is Cc1c(NC(=O)/C(C#N)=C\c2ccc(F)cc2)c(=O)n(-c2ccccc2)n1C. The highest BCUT2D eigenvalue weighted by molar-refractivity contribution is 6.09. The number of nitrogens with zero attached hydrogens (tertiary/aromatic N) is 3. The first-order valence-electron chi connectivity index (χ1n) is 8.45. The molecule has 3 aromatic rings. The van der Waals surface area contributed by atoms with E-state index >= 15 is 0 Å². The van der Waals surface area contributed by atoms with E-state index < -0.39 is 17.3 Å². The lowest BCUT2D eigenvalue weighted by atomic mass is 10.1. The number of hydrogen-bond acceptors (Lipinski definition) is 3. The lowest BCUT2D eigenvalue weighted by Gasteiger charge is -2.07. The van der Waals surface area contributed by atoms with Crippen molar-refractivity contribution in [2.45, 2.75) is 6.92 Å². The number of carbonyl (C=O) groups excluding carboxylic acids is 1. The Morgan fingerprint density at radius 1 is 1.14 bits per heavy atom. The predicted octanol–water partition coefficient (Wildman–Crippen LogP) is 3.17. The van der Waals surface area contributed by atoms with Crippen LogP contribution in [0.5, 0.6) is 0 Å². The Hall–Kier alpha value is -3.92. The minimum absolute atomic E-state index is 0.0941. The summed E-state index contributed by atoms with van der Waals surface area (Å²) in [5.74, 6) is -1.13. The van der Waals surface area contributed by atoms with Crippen molar-refractivity contribution in [3.05, 3.63) is 87.6 Å². The molecule has 0 unspecified atom stereocenters. The predicted molar refractivity (Wildman–Crippen MR) is 104 cm³/mol. The summed E-state index contributed by atoms with van der Waals surface area (Å²) in [6.45, 7) is 1.70. The van der Waals surface area contributed by atoms with Gasteiger partial charge in [-0.2, -0.15) is 5.26 Å². The fourth-order valence-electron chi connectivity index (χ4n) is 2.77. The molecule has 0 aliphatic carbocycles. The van der Waals surface area contributed by atoms with Gasteiger partial charge in [0.1, 0.15) is 23.1 Å². The van der Waals surface area contributed by atoms with Crippen LogP contribution in [0, 0.1) is 24.1 Å². The van der Waals surface area contributed by atoms with Crippen LogP contribution in [0.1, 0.15) is 11.3 Å². The highest BCUT2D eigenvalue weighted by Gasteiger charge is 2.19. The number of benzene rings is 2. The molecule has 0 saturated carbocycles. The van der Waals surface area contributed by atoms with Gasteiger partial charge < -0.3 is 5.32 Å². The third-order valence-corrected chi connectivity index (χ3v) is 4.34. The number of rotatable bonds is 4. The maximum atomic E-state index is 13.0. The summed E-state index contributed by atoms with van der Waals surface area (Å²) < 4.78 is 16.1. The first kappa shape index (κ1) is 18.9. The summed E-state index contributed by atoms with van der Waals surface area (Å²) in [6, 6.07) is 16.2. The molecule has 0 bridgehead atoms. The molecule has 2 aromatic carbocycles. The first-order chi connectivity index (χ1) is 13.4. The van der Waals surface area contributed by atoms with Crippen molar-refractivity contribution in [2.24, 2.45) is 7.05 Å². The normalized spacial score (nSPS) is 11.1. The molecule has 0 fully saturated rings. The van der Waals surface area contributed by atoms with Crippen LogP contribution in [0.2, 0.25) is 0 Å². The van der Waals surface area contributed by atoms with Crippen LogP contribution in [0.25, 0.3) is 11.8 Å². The van der Waals surface area contributed by atoms with Crippen molar-refractivity contribution in [1.82, 2.24) is 9.36 Å². The second-order valence-corrected chi connectivity index (χ2v) is 6.11. The van der Waals surface area contributed by atoms with Gasteiger partial charge in [0.2, 0.25) is 0 Å². The second-order valence-electron chi connectivity index (χ2n) is 6.11. The van der Waals surface area contributed by atoms with Gasteiger partial charge in [-0.15, -0.1) is 0 Å². The Labute approximate surface area is 160 Å². The van der Waals surface area contributed by atoms with Crippen molar-refractivity contribution in [1.29, 1.82) is 5.26 Å². The van der Waals surface area contributed by atoms with Crippen molar-refractivity contribution in [3.63, 3.8) is 0 Å². The van der Waals surface area contributed by atoms with Crippen LogP contribution >= 0.6 is 0 Å². The molecule has 3 rings (SSSR count). The Bertz CT molecular complexity index is 1150. The lowest BCUT2D eigenvalue weighted by molar-refractivity contribution is -0.112. The van der Waals surface area contributed by atoms with E-state index in [9.17, 15) is 19.2 Å². The fourth-order valence-corrected chi connectivity index (χ4v) is 2.77. The van der Waals surface area contributed by atoms with Crippen LogP contribution in [0.4, 0.5) is 10.1 Å². The molecule has 0 atom stereocenters. The Morgan fingerprint density at radius 3 is 2.39 bits per heavy atom. The number of hydrogen-bond donors (Lipinski definition) is 1. The van der Waals surface area contributed by atoms with Gasteiger partial charge in [-0.25, -0.2) is 9.07 Å². The molecule has 1 N–H and O–H groups in total. The maximum absolute atomic E-state index is 13.0. The molecule has 1 heterocycles. The first-order valence-corrected chi connectivity index (χ1v) is 8.45. The second kappa shape index (κ2) is 7.76. The molecule has 0 aliphatic heterocycles. The summed E-state index contributed by atoms with van der Waals surface area (Å²) in [5.41, 5.74) is 1.19. The molecule has 7 heteroatoms. The quantitative estimate of drug-likeness (QED) is 0.561. The molecule has 0 spiro atoms. The summed E-state index contributed by atoms with van der Waals surface area (Å²) in [6.07, 6.45) is 1.34. The zero-order valence-electron chi connectivity index (χ0n) is 15.3. The Morgan fingerprint density at radius 2 is 1.79 bits per heavy atom. The summed E-state index contributed by atoms with van der Waals surface area (Å²) in [5, 5.41) is 11.9. The smallest absolute Gasteiger partial charge is 0.295 e. The zero-order valence-corrected chi connectivity index (χ0v) is 15.3. The van der Waals surface area contributed by atoms with Crippen molar-refractivity contribution in [2.75, 3.05) is 5.32 Å². The topological polar surface area (TPSA) is 79.8 Å². The van der Waals surface area contributed by atoms with Gasteiger partial charge in [-0.3, -0.25) is 14.3 Å². The maximum Gasteiger partial charge on any atom is 0.295 e. The standard InChI is InChI=1S/C21H17FN4O2/c1-14-19(21(28)26(25(14)2)18-6-4-3-5-7-18)24-20(27)16(13-23)12-15-8-10-17(22)11-9-15/h3-12H,1-2H3,(H,24,27)/b16-12-. The van der Waals surface area contributed by atoms with E-state index in [2.05, 4.69) is 5.32 Å². The van der Waals surface area contributed by atoms with E-state index in [1.54, 1.807) is 30.8 Å². The highest BCUT2D eigenvalue weighted by Crippen LogP contribution is 2.16. The fraction of sp³-hybridized carbons (Fsp3) is 0.0952. The van der Waals surface area contributed by atoms with Gasteiger partial charge in [0.15, 0.2) is 0 Å². The van der Waals surface area contributed by atoms with Crippen molar-refractivity contribution < 1.29 is 9.18 Å². The number of amides is 1. The molecule has 0 radical (unpaired) electrons.